The number of anilines is 1. The van der Waals surface area contributed by atoms with Crippen molar-refractivity contribution in [1.82, 2.24) is 10.2 Å². The zero-order valence-electron chi connectivity index (χ0n) is 14.3. The fourth-order valence-electron chi connectivity index (χ4n) is 3.97. The second kappa shape index (κ2) is 5.38. The van der Waals surface area contributed by atoms with E-state index in [9.17, 15) is 14.7 Å². The zero-order chi connectivity index (χ0) is 18.7. The molecule has 0 saturated heterocycles. The molecule has 0 saturated carbocycles. The van der Waals surface area contributed by atoms with Gasteiger partial charge in [0.2, 0.25) is 0 Å². The second-order valence-electron chi connectivity index (χ2n) is 6.49. The number of H-pyrrole nitrogens is 2. The molecule has 0 amide bonds. The van der Waals surface area contributed by atoms with Crippen molar-refractivity contribution < 1.29 is 14.6 Å². The predicted octanol–water partition coefficient (Wildman–Crippen LogP) is 2.58. The molecule has 2 heterocycles. The van der Waals surface area contributed by atoms with Gasteiger partial charge in [-0.15, -0.1) is 0 Å². The fraction of sp³-hybridized carbons (Fsp3) is 0.100. The van der Waals surface area contributed by atoms with Crippen LogP contribution in [0.4, 0.5) is 5.82 Å². The summed E-state index contributed by atoms with van der Waals surface area (Å²) in [5.74, 6) is -0.206. The Hall–Kier alpha value is -3.74. The van der Waals surface area contributed by atoms with Crippen molar-refractivity contribution in [2.75, 3.05) is 12.4 Å². The van der Waals surface area contributed by atoms with Crippen LogP contribution >= 0.6 is 0 Å². The molecule has 1 aliphatic carbocycles. The highest BCUT2D eigenvalue weighted by Gasteiger charge is 2.43. The number of fused-ring (bicyclic) bond motifs is 3. The van der Waals surface area contributed by atoms with Gasteiger partial charge in [0.1, 0.15) is 5.82 Å². The van der Waals surface area contributed by atoms with Gasteiger partial charge in [-0.2, -0.15) is 0 Å². The van der Waals surface area contributed by atoms with E-state index in [-0.39, 0.29) is 22.8 Å². The van der Waals surface area contributed by atoms with Gasteiger partial charge in [0, 0.05) is 22.3 Å². The Labute approximate surface area is 153 Å². The Balaban J connectivity index is 1.83. The lowest BCUT2D eigenvalue weighted by molar-refractivity contribution is 0.103. The van der Waals surface area contributed by atoms with E-state index in [0.29, 0.717) is 33.8 Å². The number of para-hydroxylation sites is 1. The number of rotatable bonds is 2. The number of hydrogen-bond donors (Lipinski definition) is 4. The number of Topliss-reactive ketones (excluding diaryl/α,β-unsaturated/α-hetero) is 1. The number of carbonyl (C=O) groups excluding carboxylic acids is 1. The molecule has 1 aromatic heterocycles. The number of nitrogens with one attached hydrogen (secondary N) is 3. The number of carbonyl (C=O) groups is 1. The highest BCUT2D eigenvalue weighted by molar-refractivity contribution is 6.23. The third-order valence-electron chi connectivity index (χ3n) is 5.16. The second-order valence-corrected chi connectivity index (χ2v) is 6.49. The number of phenolic OH excluding ortho intramolecular Hbond substituents is 1. The average molecular weight is 361 g/mol. The summed E-state index contributed by atoms with van der Waals surface area (Å²) in [6.07, 6.45) is 0. The Kier molecular flexibility index (Phi) is 3.09. The number of benzene rings is 2. The summed E-state index contributed by atoms with van der Waals surface area (Å²) in [7, 11) is 1.46. The molecule has 2 aliphatic rings. The average Bonchev–Trinajstić information content (AvgIpc) is 3.20. The van der Waals surface area contributed by atoms with E-state index >= 15 is 0 Å². The van der Waals surface area contributed by atoms with E-state index in [2.05, 4.69) is 15.5 Å². The molecule has 1 atom stereocenters. The predicted molar refractivity (Wildman–Crippen MR) is 99.2 cm³/mol. The summed E-state index contributed by atoms with van der Waals surface area (Å²) < 4.78 is 5.22. The highest BCUT2D eigenvalue weighted by Crippen LogP contribution is 2.50. The molecule has 3 aromatic rings. The number of methoxy groups -OCH3 is 1. The number of phenols is 1. The molecule has 1 unspecified atom stereocenters. The van der Waals surface area contributed by atoms with Crippen LogP contribution in [-0.2, 0) is 0 Å². The molecule has 27 heavy (non-hydrogen) atoms. The van der Waals surface area contributed by atoms with Crippen molar-refractivity contribution in [3.63, 3.8) is 0 Å². The summed E-state index contributed by atoms with van der Waals surface area (Å²) in [6, 6.07) is 12.3. The molecule has 2 aromatic carbocycles. The van der Waals surface area contributed by atoms with Crippen LogP contribution in [-0.4, -0.2) is 28.2 Å². The highest BCUT2D eigenvalue weighted by atomic mass is 16.5. The molecule has 7 heteroatoms. The van der Waals surface area contributed by atoms with Crippen molar-refractivity contribution in [1.29, 1.82) is 0 Å². The molecular formula is C20H15N3O4. The fourth-order valence-corrected chi connectivity index (χ4v) is 3.97. The molecule has 0 fully saturated rings. The van der Waals surface area contributed by atoms with E-state index in [1.165, 1.54) is 7.11 Å². The maximum absolute atomic E-state index is 13.2. The van der Waals surface area contributed by atoms with Gasteiger partial charge >= 0.3 is 0 Å². The first-order chi connectivity index (χ1) is 13.1. The summed E-state index contributed by atoms with van der Waals surface area (Å²) in [6.45, 7) is 0. The van der Waals surface area contributed by atoms with E-state index in [1.54, 1.807) is 30.3 Å². The monoisotopic (exact) mass is 361 g/mol. The van der Waals surface area contributed by atoms with Crippen LogP contribution < -0.4 is 15.6 Å². The Morgan fingerprint density at radius 3 is 2.56 bits per heavy atom. The van der Waals surface area contributed by atoms with Gasteiger partial charge in [-0.3, -0.25) is 19.8 Å². The summed E-state index contributed by atoms with van der Waals surface area (Å²) in [5.41, 5.74) is 2.89. The smallest absolute Gasteiger partial charge is 0.270 e. The number of ketones is 1. The topological polar surface area (TPSA) is 107 Å². The van der Waals surface area contributed by atoms with Crippen molar-refractivity contribution in [3.05, 3.63) is 80.6 Å². The van der Waals surface area contributed by atoms with Gasteiger partial charge in [0.25, 0.3) is 5.56 Å². The summed E-state index contributed by atoms with van der Waals surface area (Å²) in [5, 5.41) is 19.3. The Bertz CT molecular complexity index is 1200. The van der Waals surface area contributed by atoms with Crippen LogP contribution in [0, 0.1) is 0 Å². The van der Waals surface area contributed by atoms with Gasteiger partial charge < -0.3 is 15.2 Å². The van der Waals surface area contributed by atoms with Gasteiger partial charge in [-0.1, -0.05) is 36.4 Å². The van der Waals surface area contributed by atoms with Crippen LogP contribution in [0.25, 0.3) is 5.70 Å². The van der Waals surface area contributed by atoms with E-state index in [1.807, 2.05) is 12.1 Å². The van der Waals surface area contributed by atoms with Crippen LogP contribution in [0.3, 0.4) is 0 Å². The quantitative estimate of drug-likeness (QED) is 0.561. The summed E-state index contributed by atoms with van der Waals surface area (Å²) >= 11 is 0. The van der Waals surface area contributed by atoms with Gasteiger partial charge in [-0.05, 0) is 6.07 Å². The van der Waals surface area contributed by atoms with Crippen LogP contribution in [0.15, 0.2) is 52.8 Å². The molecule has 0 spiro atoms. The van der Waals surface area contributed by atoms with Crippen LogP contribution in [0.1, 0.15) is 33.0 Å². The minimum Gasteiger partial charge on any atom is -0.504 e. The summed E-state index contributed by atoms with van der Waals surface area (Å²) in [4.78, 5) is 25.7. The Morgan fingerprint density at radius 1 is 1.00 bits per heavy atom. The minimum absolute atomic E-state index is 0.0888. The number of aromatic hydroxyl groups is 1. The van der Waals surface area contributed by atoms with Crippen molar-refractivity contribution in [2.24, 2.45) is 0 Å². The number of ether oxygens (including phenoxy) is 1. The van der Waals surface area contributed by atoms with Gasteiger partial charge in [0.05, 0.1) is 24.3 Å². The third-order valence-corrected chi connectivity index (χ3v) is 5.16. The first-order valence-corrected chi connectivity index (χ1v) is 8.43. The number of aromatic nitrogens is 2. The molecule has 4 N–H and O–H groups in total. The number of allylic oxidation sites excluding steroid dienone is 1. The molecule has 1 aliphatic heterocycles. The first kappa shape index (κ1) is 15.5. The molecule has 7 nitrogen and oxygen atoms in total. The normalized spacial score (nSPS) is 17.2. The maximum Gasteiger partial charge on any atom is 0.270 e. The molecule has 0 bridgehead atoms. The van der Waals surface area contributed by atoms with Gasteiger partial charge in [0.15, 0.2) is 17.3 Å². The molecule has 134 valence electrons. The standard InChI is InChI=1S/C20H15N3O4/c1-27-12-8-4-7-11(17(12)24)13-14-16(21-19-15(13)20(26)23-22-19)9-5-2-3-6-10(9)18(14)25/h2-8,13,24H,1H3,(H3,21,22,23,26). The lowest BCUT2D eigenvalue weighted by atomic mass is 9.81. The van der Waals surface area contributed by atoms with E-state index in [4.69, 9.17) is 4.74 Å². The van der Waals surface area contributed by atoms with E-state index in [0.717, 1.165) is 5.56 Å². The lowest BCUT2D eigenvalue weighted by Crippen LogP contribution is -2.23. The first-order valence-electron chi connectivity index (χ1n) is 8.43. The maximum atomic E-state index is 13.2. The van der Waals surface area contributed by atoms with Crippen molar-refractivity contribution in [3.8, 4) is 11.5 Å². The van der Waals surface area contributed by atoms with Crippen molar-refractivity contribution >= 4 is 17.3 Å². The molecule has 5 rings (SSSR count). The minimum atomic E-state index is -0.721. The third kappa shape index (κ3) is 1.96. The largest absolute Gasteiger partial charge is 0.504 e. The lowest BCUT2D eigenvalue weighted by Gasteiger charge is -2.26. The number of hydrogen-bond acceptors (Lipinski definition) is 5. The molecule has 0 radical (unpaired) electrons. The Morgan fingerprint density at radius 2 is 1.78 bits per heavy atom. The van der Waals surface area contributed by atoms with Gasteiger partial charge in [-0.25, -0.2) is 0 Å². The van der Waals surface area contributed by atoms with Crippen LogP contribution in [0.5, 0.6) is 11.5 Å². The zero-order valence-corrected chi connectivity index (χ0v) is 14.3. The number of aromatic amines is 2. The SMILES string of the molecule is COc1cccc(C2C3=C(Nc4[nH][nH]c(=O)c42)c2ccccc2C3=O)c1O. The van der Waals surface area contributed by atoms with E-state index < -0.39 is 5.92 Å². The van der Waals surface area contributed by atoms with Crippen molar-refractivity contribution in [2.45, 2.75) is 5.92 Å². The molecular weight excluding hydrogens is 346 g/mol. The van der Waals surface area contributed by atoms with Crippen LogP contribution in [0.2, 0.25) is 0 Å².